The van der Waals surface area contributed by atoms with Gasteiger partial charge in [0, 0.05) is 13.2 Å². The predicted molar refractivity (Wildman–Crippen MR) is 59.7 cm³/mol. The minimum atomic E-state index is -0.777. The van der Waals surface area contributed by atoms with E-state index in [2.05, 4.69) is 0 Å². The van der Waals surface area contributed by atoms with Gasteiger partial charge in [-0.2, -0.15) is 5.26 Å². The standard InChI is InChI=1S/C11H12N2O4/c1-8-10(13(14)15)4-3-5-11(8)17-9(6-12)7-16-2/h3-5,9H,7H2,1-2H3. The summed E-state index contributed by atoms with van der Waals surface area (Å²) in [6, 6.07) is 6.40. The van der Waals surface area contributed by atoms with Crippen LogP contribution < -0.4 is 4.74 Å². The first kappa shape index (κ1) is 12.9. The number of nitrogens with zero attached hydrogens (tertiary/aromatic N) is 2. The number of hydrogen-bond acceptors (Lipinski definition) is 5. The minimum Gasteiger partial charge on any atom is -0.473 e. The molecule has 0 aliphatic rings. The number of ether oxygens (including phenoxy) is 2. The first-order valence-corrected chi connectivity index (χ1v) is 4.89. The summed E-state index contributed by atoms with van der Waals surface area (Å²) in [7, 11) is 1.45. The van der Waals surface area contributed by atoms with Crippen LogP contribution in [0.4, 0.5) is 5.69 Å². The van der Waals surface area contributed by atoms with Gasteiger partial charge in [0.15, 0.2) is 0 Å². The van der Waals surface area contributed by atoms with Gasteiger partial charge in [-0.1, -0.05) is 6.07 Å². The van der Waals surface area contributed by atoms with Crippen LogP contribution in [-0.2, 0) is 4.74 Å². The molecular weight excluding hydrogens is 224 g/mol. The smallest absolute Gasteiger partial charge is 0.276 e. The summed E-state index contributed by atoms with van der Waals surface area (Å²) in [5, 5.41) is 19.5. The first-order valence-electron chi connectivity index (χ1n) is 4.89. The number of rotatable bonds is 5. The van der Waals surface area contributed by atoms with Gasteiger partial charge >= 0.3 is 0 Å². The molecule has 0 aliphatic carbocycles. The lowest BCUT2D eigenvalue weighted by atomic mass is 10.2. The van der Waals surface area contributed by atoms with Crippen molar-refractivity contribution in [2.24, 2.45) is 0 Å². The molecule has 1 rings (SSSR count). The molecular formula is C11H12N2O4. The van der Waals surface area contributed by atoms with E-state index >= 15 is 0 Å². The van der Waals surface area contributed by atoms with Gasteiger partial charge in [-0.3, -0.25) is 10.1 Å². The van der Waals surface area contributed by atoms with Gasteiger partial charge in [0.25, 0.3) is 5.69 Å². The number of hydrogen-bond donors (Lipinski definition) is 0. The largest absolute Gasteiger partial charge is 0.473 e. The number of benzene rings is 1. The van der Waals surface area contributed by atoms with E-state index in [1.807, 2.05) is 6.07 Å². The van der Waals surface area contributed by atoms with E-state index in [4.69, 9.17) is 14.7 Å². The summed E-state index contributed by atoms with van der Waals surface area (Å²) in [5.41, 5.74) is 0.366. The van der Waals surface area contributed by atoms with Crippen LogP contribution >= 0.6 is 0 Å². The Hall–Kier alpha value is -2.13. The summed E-state index contributed by atoms with van der Waals surface area (Å²) < 4.78 is 10.1. The Balaban J connectivity index is 2.96. The predicted octanol–water partition coefficient (Wildman–Crippen LogP) is 1.82. The van der Waals surface area contributed by atoms with E-state index in [-0.39, 0.29) is 12.3 Å². The zero-order valence-electron chi connectivity index (χ0n) is 9.54. The second-order valence-electron chi connectivity index (χ2n) is 3.35. The topological polar surface area (TPSA) is 85.4 Å². The van der Waals surface area contributed by atoms with Crippen molar-refractivity contribution in [2.75, 3.05) is 13.7 Å². The van der Waals surface area contributed by atoms with E-state index in [1.165, 1.54) is 19.2 Å². The maximum atomic E-state index is 10.7. The Morgan fingerprint density at radius 1 is 1.59 bits per heavy atom. The van der Waals surface area contributed by atoms with E-state index in [0.29, 0.717) is 11.3 Å². The van der Waals surface area contributed by atoms with Crippen molar-refractivity contribution in [3.8, 4) is 11.8 Å². The molecule has 1 atom stereocenters. The van der Waals surface area contributed by atoms with Crippen LogP contribution in [0, 0.1) is 28.4 Å². The Morgan fingerprint density at radius 2 is 2.29 bits per heavy atom. The molecule has 6 nitrogen and oxygen atoms in total. The molecule has 0 heterocycles. The number of nitro groups is 1. The molecule has 0 spiro atoms. The van der Waals surface area contributed by atoms with E-state index < -0.39 is 11.0 Å². The molecule has 6 heteroatoms. The molecule has 0 saturated heterocycles. The highest BCUT2D eigenvalue weighted by atomic mass is 16.6. The molecule has 90 valence electrons. The lowest BCUT2D eigenvalue weighted by Gasteiger charge is -2.13. The normalized spacial score (nSPS) is 11.6. The SMILES string of the molecule is COCC(C#N)Oc1cccc([N+](=O)[O-])c1C. The van der Waals surface area contributed by atoms with Gasteiger partial charge in [-0.25, -0.2) is 0 Å². The second kappa shape index (κ2) is 5.82. The molecule has 0 bridgehead atoms. The van der Waals surface area contributed by atoms with Crippen LogP contribution in [0.5, 0.6) is 5.75 Å². The Bertz CT molecular complexity index is 453. The Kier molecular flexibility index (Phi) is 4.43. The molecule has 0 N–H and O–H groups in total. The van der Waals surface area contributed by atoms with Crippen LogP contribution in [0.2, 0.25) is 0 Å². The maximum absolute atomic E-state index is 10.7. The van der Waals surface area contributed by atoms with Crippen LogP contribution in [0.1, 0.15) is 5.56 Å². The zero-order chi connectivity index (χ0) is 12.8. The van der Waals surface area contributed by atoms with Crippen molar-refractivity contribution < 1.29 is 14.4 Å². The molecule has 0 aromatic heterocycles. The Morgan fingerprint density at radius 3 is 2.82 bits per heavy atom. The van der Waals surface area contributed by atoms with Gasteiger partial charge in [0.05, 0.1) is 17.1 Å². The zero-order valence-corrected chi connectivity index (χ0v) is 9.54. The van der Waals surface area contributed by atoms with Crippen molar-refractivity contribution in [2.45, 2.75) is 13.0 Å². The van der Waals surface area contributed by atoms with Gasteiger partial charge in [0.2, 0.25) is 6.10 Å². The van der Waals surface area contributed by atoms with Crippen molar-refractivity contribution in [3.63, 3.8) is 0 Å². The molecule has 0 saturated carbocycles. The second-order valence-corrected chi connectivity index (χ2v) is 3.35. The fourth-order valence-corrected chi connectivity index (χ4v) is 1.33. The monoisotopic (exact) mass is 236 g/mol. The fraction of sp³-hybridized carbons (Fsp3) is 0.364. The summed E-state index contributed by atoms with van der Waals surface area (Å²) in [4.78, 5) is 10.2. The molecule has 0 aliphatic heterocycles. The van der Waals surface area contributed by atoms with Crippen LogP contribution in [0.25, 0.3) is 0 Å². The average molecular weight is 236 g/mol. The molecule has 0 fully saturated rings. The van der Waals surface area contributed by atoms with Gasteiger partial charge in [-0.05, 0) is 13.0 Å². The van der Waals surface area contributed by atoms with Crippen LogP contribution in [0.15, 0.2) is 18.2 Å². The highest BCUT2D eigenvalue weighted by Gasteiger charge is 2.17. The maximum Gasteiger partial charge on any atom is 0.276 e. The third kappa shape index (κ3) is 3.16. The summed E-state index contributed by atoms with van der Waals surface area (Å²) in [6.45, 7) is 1.69. The highest BCUT2D eigenvalue weighted by molar-refractivity contribution is 5.48. The number of methoxy groups -OCH3 is 1. The average Bonchev–Trinajstić information content (AvgIpc) is 2.30. The first-order chi connectivity index (χ1) is 8.10. The number of nitriles is 1. The molecule has 0 radical (unpaired) electrons. The lowest BCUT2D eigenvalue weighted by molar-refractivity contribution is -0.385. The molecule has 1 unspecified atom stereocenters. The van der Waals surface area contributed by atoms with E-state index in [1.54, 1.807) is 13.0 Å². The molecule has 1 aromatic carbocycles. The Labute approximate surface area is 98.5 Å². The van der Waals surface area contributed by atoms with Crippen LogP contribution in [0.3, 0.4) is 0 Å². The van der Waals surface area contributed by atoms with Crippen molar-refractivity contribution in [1.29, 1.82) is 5.26 Å². The molecule has 1 aromatic rings. The van der Waals surface area contributed by atoms with Crippen molar-refractivity contribution in [1.82, 2.24) is 0 Å². The highest BCUT2D eigenvalue weighted by Crippen LogP contribution is 2.27. The lowest BCUT2D eigenvalue weighted by Crippen LogP contribution is -2.20. The van der Waals surface area contributed by atoms with Gasteiger partial charge < -0.3 is 9.47 Å². The van der Waals surface area contributed by atoms with E-state index in [9.17, 15) is 10.1 Å². The quantitative estimate of drug-likeness (QED) is 0.575. The summed E-state index contributed by atoms with van der Waals surface area (Å²) >= 11 is 0. The fourth-order valence-electron chi connectivity index (χ4n) is 1.33. The van der Waals surface area contributed by atoms with E-state index in [0.717, 1.165) is 0 Å². The minimum absolute atomic E-state index is 0.0309. The molecule has 17 heavy (non-hydrogen) atoms. The number of nitro benzene ring substituents is 1. The van der Waals surface area contributed by atoms with Crippen molar-refractivity contribution >= 4 is 5.69 Å². The van der Waals surface area contributed by atoms with Crippen molar-refractivity contribution in [3.05, 3.63) is 33.9 Å². The van der Waals surface area contributed by atoms with Gasteiger partial charge in [0.1, 0.15) is 11.8 Å². The third-order valence-corrected chi connectivity index (χ3v) is 2.18. The third-order valence-electron chi connectivity index (χ3n) is 2.18. The van der Waals surface area contributed by atoms with Gasteiger partial charge in [-0.15, -0.1) is 0 Å². The molecule has 0 amide bonds. The van der Waals surface area contributed by atoms with Crippen LogP contribution in [-0.4, -0.2) is 24.7 Å². The summed E-state index contributed by atoms with van der Waals surface area (Å²) in [5.74, 6) is 0.322. The summed E-state index contributed by atoms with van der Waals surface area (Å²) in [6.07, 6.45) is -0.777.